The van der Waals surface area contributed by atoms with Gasteiger partial charge in [0.15, 0.2) is 0 Å². The number of carbonyl (C=O) groups is 1. The summed E-state index contributed by atoms with van der Waals surface area (Å²) in [5.74, 6) is -51.5. The molecule has 2 nitrogen and oxygen atoms in total. The molecular formula is C15H9F19O2. The first-order chi connectivity index (χ1) is 15.5. The summed E-state index contributed by atoms with van der Waals surface area (Å²) in [4.78, 5) is 10.6. The number of ether oxygens (including phenoxy) is 1. The van der Waals surface area contributed by atoms with Crippen LogP contribution in [-0.2, 0) is 9.53 Å². The Hall–Kier alpha value is -2.12. The second-order valence-corrected chi connectivity index (χ2v) is 6.71. The molecule has 0 bridgehead atoms. The average Bonchev–Trinajstić information content (AvgIpc) is 2.67. The van der Waals surface area contributed by atoms with Gasteiger partial charge in [0.1, 0.15) is 0 Å². The summed E-state index contributed by atoms with van der Waals surface area (Å²) in [5, 5.41) is 0. The highest BCUT2D eigenvalue weighted by molar-refractivity contribution is 5.81. The molecule has 0 radical (unpaired) electrons. The van der Waals surface area contributed by atoms with Gasteiger partial charge in [-0.3, -0.25) is 0 Å². The van der Waals surface area contributed by atoms with E-state index < -0.39 is 79.0 Å². The Bertz CT molecular complexity index is 793. The van der Waals surface area contributed by atoms with Crippen molar-refractivity contribution >= 4 is 5.97 Å². The number of halogens is 19. The lowest BCUT2D eigenvalue weighted by Gasteiger charge is -2.45. The highest BCUT2D eigenvalue weighted by Gasteiger charge is 2.98. The standard InChI is InChI=1S/C15H9F19O2/c1-2-6(35)36-5-3-4-7(16,17)9(19,20)11(23,24)13(27,28)12(25,26)10(21,22)8(18,14(29,30)31)15(32,33)34/h2H,1,3-5H2. The molecule has 0 aromatic carbocycles. The Labute approximate surface area is 186 Å². The molecule has 0 rings (SSSR count). The third-order valence-corrected chi connectivity index (χ3v) is 4.30. The van der Waals surface area contributed by atoms with Gasteiger partial charge in [0, 0.05) is 12.5 Å². The molecule has 0 unspecified atom stereocenters. The minimum Gasteiger partial charge on any atom is -0.463 e. The zero-order chi connectivity index (χ0) is 29.6. The number of carbonyl (C=O) groups excluding carboxylic acids is 1. The van der Waals surface area contributed by atoms with Crippen LogP contribution in [0.1, 0.15) is 12.8 Å². The molecule has 0 aliphatic heterocycles. The third-order valence-electron chi connectivity index (χ3n) is 4.30. The molecule has 0 aliphatic carbocycles. The second-order valence-electron chi connectivity index (χ2n) is 6.71. The highest BCUT2D eigenvalue weighted by atomic mass is 19.4. The van der Waals surface area contributed by atoms with E-state index in [2.05, 4.69) is 11.3 Å². The van der Waals surface area contributed by atoms with Gasteiger partial charge < -0.3 is 4.74 Å². The SMILES string of the molecule is C=CC(=O)OCCCC(F)(F)C(F)(F)C(F)(F)C(F)(F)C(F)(F)C(F)(F)C(F)(C(F)(F)F)C(F)(F)F. The van der Waals surface area contributed by atoms with Gasteiger partial charge >= 0.3 is 59.5 Å². The molecule has 0 fully saturated rings. The number of hydrogen-bond acceptors (Lipinski definition) is 2. The number of esters is 1. The topological polar surface area (TPSA) is 26.3 Å². The molecule has 0 aromatic rings. The Kier molecular flexibility index (Phi) is 8.77. The molecule has 0 saturated carbocycles. The van der Waals surface area contributed by atoms with E-state index in [4.69, 9.17) is 0 Å². The summed E-state index contributed by atoms with van der Waals surface area (Å²) in [6.45, 7) is 1.39. The first-order valence-electron chi connectivity index (χ1n) is 8.34. The lowest BCUT2D eigenvalue weighted by atomic mass is 9.83. The molecule has 0 N–H and O–H groups in total. The fraction of sp³-hybridized carbons (Fsp3) is 0.800. The van der Waals surface area contributed by atoms with Crippen molar-refractivity contribution in [2.24, 2.45) is 0 Å². The summed E-state index contributed by atoms with van der Waals surface area (Å²) in [7, 11) is 0. The molecule has 36 heavy (non-hydrogen) atoms. The molecule has 21 heteroatoms. The molecule has 0 aromatic heterocycles. The van der Waals surface area contributed by atoms with Crippen LogP contribution in [0.2, 0.25) is 0 Å². The van der Waals surface area contributed by atoms with E-state index in [1.54, 1.807) is 0 Å². The monoisotopic (exact) mass is 582 g/mol. The summed E-state index contributed by atoms with van der Waals surface area (Å²) in [6, 6.07) is 0. The Morgan fingerprint density at radius 1 is 0.583 bits per heavy atom. The maximum atomic E-state index is 13.6. The fourth-order valence-electron chi connectivity index (χ4n) is 2.24. The van der Waals surface area contributed by atoms with Gasteiger partial charge in [-0.1, -0.05) is 6.58 Å². The predicted molar refractivity (Wildman–Crippen MR) is 76.0 cm³/mol. The van der Waals surface area contributed by atoms with Gasteiger partial charge in [0.05, 0.1) is 6.61 Å². The largest absolute Gasteiger partial charge is 0.463 e. The molecule has 0 aliphatic rings. The molecule has 0 saturated heterocycles. The highest BCUT2D eigenvalue weighted by Crippen LogP contribution is 2.66. The quantitative estimate of drug-likeness (QED) is 0.112. The van der Waals surface area contributed by atoms with Crippen LogP contribution in [0.3, 0.4) is 0 Å². The first-order valence-corrected chi connectivity index (χ1v) is 8.34. The molecule has 0 heterocycles. The van der Waals surface area contributed by atoms with E-state index >= 15 is 0 Å². The van der Waals surface area contributed by atoms with E-state index in [0.29, 0.717) is 6.08 Å². The summed E-state index contributed by atoms with van der Waals surface area (Å²) >= 11 is 0. The van der Waals surface area contributed by atoms with Crippen LogP contribution in [-0.4, -0.2) is 66.1 Å². The van der Waals surface area contributed by atoms with Crippen molar-refractivity contribution in [1.29, 1.82) is 0 Å². The van der Waals surface area contributed by atoms with Gasteiger partial charge in [0.25, 0.3) is 0 Å². The lowest BCUT2D eigenvalue weighted by molar-refractivity contribution is -0.472. The van der Waals surface area contributed by atoms with Crippen LogP contribution < -0.4 is 0 Å². The fourth-order valence-corrected chi connectivity index (χ4v) is 2.24. The number of hydrogen-bond donors (Lipinski definition) is 0. The summed E-state index contributed by atoms with van der Waals surface area (Å²) < 4.78 is 254. The normalized spacial score (nSPS) is 15.6. The third kappa shape index (κ3) is 4.76. The van der Waals surface area contributed by atoms with Crippen molar-refractivity contribution in [3.63, 3.8) is 0 Å². The minimum absolute atomic E-state index is 0.344. The van der Waals surface area contributed by atoms with Gasteiger partial charge in [-0.05, 0) is 6.42 Å². The van der Waals surface area contributed by atoms with E-state index in [0.717, 1.165) is 0 Å². The average molecular weight is 582 g/mol. The van der Waals surface area contributed by atoms with Gasteiger partial charge in [-0.2, -0.15) is 79.0 Å². The molecule has 214 valence electrons. The number of alkyl halides is 19. The van der Waals surface area contributed by atoms with Crippen molar-refractivity contribution in [2.45, 2.75) is 66.4 Å². The maximum absolute atomic E-state index is 13.6. The second kappa shape index (κ2) is 9.32. The molecular weight excluding hydrogens is 573 g/mol. The molecule has 0 atom stereocenters. The van der Waals surface area contributed by atoms with Crippen molar-refractivity contribution in [2.75, 3.05) is 6.61 Å². The van der Waals surface area contributed by atoms with E-state index in [1.807, 2.05) is 0 Å². The van der Waals surface area contributed by atoms with Crippen LogP contribution in [0.25, 0.3) is 0 Å². The number of rotatable bonds is 11. The summed E-state index contributed by atoms with van der Waals surface area (Å²) in [5.41, 5.74) is -8.76. The van der Waals surface area contributed by atoms with E-state index in [1.165, 1.54) is 0 Å². The van der Waals surface area contributed by atoms with Crippen molar-refractivity contribution in [3.8, 4) is 0 Å². The van der Waals surface area contributed by atoms with Crippen LogP contribution in [0.4, 0.5) is 83.4 Å². The van der Waals surface area contributed by atoms with Crippen molar-refractivity contribution in [1.82, 2.24) is 0 Å². The van der Waals surface area contributed by atoms with Crippen LogP contribution >= 0.6 is 0 Å². The zero-order valence-electron chi connectivity index (χ0n) is 16.4. The summed E-state index contributed by atoms with van der Waals surface area (Å²) in [6.07, 6.45) is -20.7. The predicted octanol–water partition coefficient (Wildman–Crippen LogP) is 7.14. The van der Waals surface area contributed by atoms with Crippen LogP contribution in [0, 0.1) is 0 Å². The zero-order valence-corrected chi connectivity index (χ0v) is 16.4. The Morgan fingerprint density at radius 3 is 1.25 bits per heavy atom. The van der Waals surface area contributed by atoms with Crippen LogP contribution in [0.5, 0.6) is 0 Å². The van der Waals surface area contributed by atoms with Crippen LogP contribution in [0.15, 0.2) is 12.7 Å². The lowest BCUT2D eigenvalue weighted by Crippen LogP contribution is -2.77. The Balaban J connectivity index is 6.63. The van der Waals surface area contributed by atoms with Gasteiger partial charge in [-0.25, -0.2) is 9.18 Å². The van der Waals surface area contributed by atoms with E-state index in [9.17, 15) is 88.2 Å². The Morgan fingerprint density at radius 2 is 0.917 bits per heavy atom. The van der Waals surface area contributed by atoms with Crippen molar-refractivity contribution < 1.29 is 92.9 Å². The smallest absolute Gasteiger partial charge is 0.438 e. The minimum atomic E-state index is -9.04. The van der Waals surface area contributed by atoms with Crippen molar-refractivity contribution in [3.05, 3.63) is 12.7 Å². The maximum Gasteiger partial charge on any atom is 0.438 e. The molecule has 0 spiro atoms. The molecule has 0 amide bonds. The van der Waals surface area contributed by atoms with Gasteiger partial charge in [0.2, 0.25) is 0 Å². The van der Waals surface area contributed by atoms with E-state index in [-0.39, 0.29) is 0 Å². The first kappa shape index (κ1) is 33.9. The van der Waals surface area contributed by atoms with Gasteiger partial charge in [-0.15, -0.1) is 0 Å².